The van der Waals surface area contributed by atoms with Crippen molar-refractivity contribution in [2.45, 2.75) is 39.2 Å². The number of hydrogen-bond acceptors (Lipinski definition) is 4. The van der Waals surface area contributed by atoms with Gasteiger partial charge in [0.05, 0.1) is 0 Å². The molecule has 0 aromatic carbocycles. The van der Waals surface area contributed by atoms with Crippen LogP contribution >= 0.6 is 0 Å². The van der Waals surface area contributed by atoms with Crippen LogP contribution in [0.5, 0.6) is 0 Å². The molecule has 0 bridgehead atoms. The third-order valence-electron chi connectivity index (χ3n) is 1.64. The predicted molar refractivity (Wildman–Crippen MR) is 45.7 cm³/mol. The monoisotopic (exact) mass is 183 g/mol. The van der Waals surface area contributed by atoms with Crippen LogP contribution in [0.15, 0.2) is 0 Å². The van der Waals surface area contributed by atoms with Gasteiger partial charge in [-0.1, -0.05) is 6.92 Å². The zero-order chi connectivity index (χ0) is 10.5. The molecule has 0 aromatic heterocycles. The molecule has 0 aromatic rings. The molecule has 0 rings (SSSR count). The molecule has 0 saturated carbocycles. The van der Waals surface area contributed by atoms with Crippen molar-refractivity contribution in [2.24, 2.45) is 0 Å². The first kappa shape index (κ1) is 11.6. The second kappa shape index (κ2) is 4.61. The van der Waals surface area contributed by atoms with E-state index in [1.54, 1.807) is 6.92 Å². The Morgan fingerprint density at radius 3 is 2.38 bits per heavy atom. The molecule has 0 radical (unpaired) electrons. The smallest absolute Gasteiger partial charge is 0.314 e. The standard InChI is InChI=1S/C9H13NO3/c1-4-9(3,6-10)13-8(12)5-7(2)11/h4-5H2,1-3H3. The maximum absolute atomic E-state index is 11.0. The number of rotatable bonds is 4. The van der Waals surface area contributed by atoms with Gasteiger partial charge in [0, 0.05) is 0 Å². The van der Waals surface area contributed by atoms with Crippen LogP contribution in [0.2, 0.25) is 0 Å². The van der Waals surface area contributed by atoms with Gasteiger partial charge in [-0.3, -0.25) is 9.59 Å². The molecule has 0 aliphatic rings. The summed E-state index contributed by atoms with van der Waals surface area (Å²) in [4.78, 5) is 21.5. The van der Waals surface area contributed by atoms with Crippen LogP contribution in [0.4, 0.5) is 0 Å². The number of carbonyl (C=O) groups is 2. The van der Waals surface area contributed by atoms with Crippen LogP contribution in [0.1, 0.15) is 33.6 Å². The van der Waals surface area contributed by atoms with E-state index in [2.05, 4.69) is 0 Å². The molecule has 4 heteroatoms. The molecule has 0 aliphatic heterocycles. The van der Waals surface area contributed by atoms with Gasteiger partial charge in [-0.15, -0.1) is 0 Å². The third kappa shape index (κ3) is 4.26. The number of nitrogens with zero attached hydrogens (tertiary/aromatic N) is 1. The molecule has 4 nitrogen and oxygen atoms in total. The van der Waals surface area contributed by atoms with E-state index >= 15 is 0 Å². The van der Waals surface area contributed by atoms with Crippen molar-refractivity contribution in [3.63, 3.8) is 0 Å². The lowest BCUT2D eigenvalue weighted by Gasteiger charge is -2.19. The minimum atomic E-state index is -1.10. The molecular weight excluding hydrogens is 170 g/mol. The summed E-state index contributed by atoms with van der Waals surface area (Å²) in [6.07, 6.45) is 0.143. The van der Waals surface area contributed by atoms with Gasteiger partial charge in [-0.2, -0.15) is 5.26 Å². The van der Waals surface area contributed by atoms with Crippen molar-refractivity contribution in [3.8, 4) is 6.07 Å². The van der Waals surface area contributed by atoms with Crippen molar-refractivity contribution in [2.75, 3.05) is 0 Å². The van der Waals surface area contributed by atoms with E-state index in [1.807, 2.05) is 6.07 Å². The van der Waals surface area contributed by atoms with Gasteiger partial charge in [0.2, 0.25) is 0 Å². The summed E-state index contributed by atoms with van der Waals surface area (Å²) in [5.74, 6) is -0.903. The topological polar surface area (TPSA) is 67.2 Å². The Kier molecular flexibility index (Phi) is 4.12. The molecule has 72 valence electrons. The number of ketones is 1. The summed E-state index contributed by atoms with van der Waals surface area (Å²) < 4.78 is 4.83. The lowest BCUT2D eigenvalue weighted by Crippen LogP contribution is -2.29. The van der Waals surface area contributed by atoms with Gasteiger partial charge in [0.1, 0.15) is 18.3 Å². The molecule has 0 spiro atoms. The Hall–Kier alpha value is -1.37. The van der Waals surface area contributed by atoms with Crippen LogP contribution in [0.25, 0.3) is 0 Å². The van der Waals surface area contributed by atoms with E-state index in [9.17, 15) is 9.59 Å². The van der Waals surface area contributed by atoms with E-state index in [0.29, 0.717) is 6.42 Å². The first-order valence-electron chi connectivity index (χ1n) is 4.06. The molecule has 0 saturated heterocycles. The summed E-state index contributed by atoms with van der Waals surface area (Å²) >= 11 is 0. The van der Waals surface area contributed by atoms with Crippen molar-refractivity contribution >= 4 is 11.8 Å². The average molecular weight is 183 g/mol. The highest BCUT2D eigenvalue weighted by molar-refractivity contribution is 5.94. The van der Waals surface area contributed by atoms with Crippen LogP contribution in [-0.2, 0) is 14.3 Å². The van der Waals surface area contributed by atoms with Crippen molar-refractivity contribution in [1.29, 1.82) is 5.26 Å². The molecule has 0 heterocycles. The molecule has 0 N–H and O–H groups in total. The third-order valence-corrected chi connectivity index (χ3v) is 1.64. The average Bonchev–Trinajstić information content (AvgIpc) is 2.02. The second-order valence-electron chi connectivity index (χ2n) is 3.05. The van der Waals surface area contributed by atoms with E-state index in [1.165, 1.54) is 13.8 Å². The molecule has 0 amide bonds. The lowest BCUT2D eigenvalue weighted by atomic mass is 10.1. The molecule has 0 aliphatic carbocycles. The van der Waals surface area contributed by atoms with Gasteiger partial charge in [-0.05, 0) is 20.3 Å². The minimum Gasteiger partial charge on any atom is -0.444 e. The van der Waals surface area contributed by atoms with Crippen LogP contribution < -0.4 is 0 Å². The van der Waals surface area contributed by atoms with E-state index in [4.69, 9.17) is 10.00 Å². The highest BCUT2D eigenvalue weighted by atomic mass is 16.6. The zero-order valence-corrected chi connectivity index (χ0v) is 8.09. The van der Waals surface area contributed by atoms with Crippen molar-refractivity contribution < 1.29 is 14.3 Å². The Bertz CT molecular complexity index is 254. The number of nitriles is 1. The summed E-state index contributed by atoms with van der Waals surface area (Å²) in [5, 5.41) is 8.66. The SMILES string of the molecule is CCC(C)(C#N)OC(=O)CC(C)=O. The van der Waals surface area contributed by atoms with Gasteiger partial charge in [0.25, 0.3) is 0 Å². The first-order valence-corrected chi connectivity index (χ1v) is 4.06. The highest BCUT2D eigenvalue weighted by Crippen LogP contribution is 2.14. The highest BCUT2D eigenvalue weighted by Gasteiger charge is 2.26. The quantitative estimate of drug-likeness (QED) is 0.485. The van der Waals surface area contributed by atoms with E-state index in [-0.39, 0.29) is 12.2 Å². The fraction of sp³-hybridized carbons (Fsp3) is 0.667. The fourth-order valence-corrected chi connectivity index (χ4v) is 0.665. The van der Waals surface area contributed by atoms with E-state index < -0.39 is 11.6 Å². The molecule has 13 heavy (non-hydrogen) atoms. The molecule has 1 atom stereocenters. The van der Waals surface area contributed by atoms with Gasteiger partial charge >= 0.3 is 5.97 Å². The summed E-state index contributed by atoms with van der Waals surface area (Å²) in [6, 6.07) is 1.88. The maximum atomic E-state index is 11.0. The number of ether oxygens (including phenoxy) is 1. The van der Waals surface area contributed by atoms with Gasteiger partial charge in [-0.25, -0.2) is 0 Å². The number of hydrogen-bond donors (Lipinski definition) is 0. The zero-order valence-electron chi connectivity index (χ0n) is 8.09. The Morgan fingerprint density at radius 1 is 1.54 bits per heavy atom. The van der Waals surface area contributed by atoms with Gasteiger partial charge < -0.3 is 4.74 Å². The van der Waals surface area contributed by atoms with Crippen molar-refractivity contribution in [1.82, 2.24) is 0 Å². The summed E-state index contributed by atoms with van der Waals surface area (Å²) in [7, 11) is 0. The summed E-state index contributed by atoms with van der Waals surface area (Å²) in [6.45, 7) is 4.56. The number of carbonyl (C=O) groups excluding carboxylic acids is 2. The first-order chi connectivity index (χ1) is 5.93. The minimum absolute atomic E-state index is 0.263. The predicted octanol–water partition coefficient (Wildman–Crippen LogP) is 1.20. The van der Waals surface area contributed by atoms with Crippen LogP contribution in [-0.4, -0.2) is 17.4 Å². The van der Waals surface area contributed by atoms with Gasteiger partial charge in [0.15, 0.2) is 5.60 Å². The Balaban J connectivity index is 4.20. The molecular formula is C9H13NO3. The Labute approximate surface area is 77.5 Å². The summed E-state index contributed by atoms with van der Waals surface area (Å²) in [5.41, 5.74) is -1.10. The lowest BCUT2D eigenvalue weighted by molar-refractivity contribution is -0.154. The number of esters is 1. The molecule has 0 fully saturated rings. The fourth-order valence-electron chi connectivity index (χ4n) is 0.665. The molecule has 1 unspecified atom stereocenters. The van der Waals surface area contributed by atoms with Crippen LogP contribution in [0, 0.1) is 11.3 Å². The normalized spacial score (nSPS) is 14.0. The second-order valence-corrected chi connectivity index (χ2v) is 3.05. The largest absolute Gasteiger partial charge is 0.444 e. The maximum Gasteiger partial charge on any atom is 0.314 e. The number of Topliss-reactive ketones (excluding diaryl/α,β-unsaturated/α-hetero) is 1. The van der Waals surface area contributed by atoms with Crippen LogP contribution in [0.3, 0.4) is 0 Å². The Morgan fingerprint density at radius 2 is 2.08 bits per heavy atom. The van der Waals surface area contributed by atoms with Crippen molar-refractivity contribution in [3.05, 3.63) is 0 Å². The van der Waals surface area contributed by atoms with E-state index in [0.717, 1.165) is 0 Å².